The molecule has 1 amide bonds. The molecule has 0 aliphatic heterocycles. The molecule has 0 fully saturated rings. The number of benzene rings is 3. The molecule has 42 heavy (non-hydrogen) atoms. The highest BCUT2D eigenvalue weighted by atomic mass is 35.5. The quantitative estimate of drug-likeness (QED) is 0.224. The molecule has 1 aromatic heterocycles. The third-order valence-electron chi connectivity index (χ3n) is 6.14. The fourth-order valence-corrected chi connectivity index (χ4v) is 5.64. The van der Waals surface area contributed by atoms with Crippen molar-refractivity contribution in [1.29, 1.82) is 0 Å². The highest BCUT2D eigenvalue weighted by molar-refractivity contribution is 7.89. The van der Waals surface area contributed by atoms with E-state index in [0.29, 0.717) is 27.4 Å². The van der Waals surface area contributed by atoms with E-state index in [1.807, 2.05) is 6.07 Å². The number of esters is 1. The van der Waals surface area contributed by atoms with E-state index in [9.17, 15) is 18.0 Å². The van der Waals surface area contributed by atoms with E-state index in [-0.39, 0.29) is 18.0 Å². The molecular weight excluding hydrogens is 574 g/mol. The molecule has 218 valence electrons. The third kappa shape index (κ3) is 8.25. The summed E-state index contributed by atoms with van der Waals surface area (Å²) in [4.78, 5) is 30.6. The molecule has 0 radical (unpaired) electrons. The molecule has 4 aromatic rings. The highest BCUT2D eigenvalue weighted by Crippen LogP contribution is 2.23. The summed E-state index contributed by atoms with van der Waals surface area (Å²) in [5.41, 5.74) is 1.41. The molecule has 0 unspecified atom stereocenters. The lowest BCUT2D eigenvalue weighted by atomic mass is 10.1. The van der Waals surface area contributed by atoms with Gasteiger partial charge in [-0.05, 0) is 80.4 Å². The van der Waals surface area contributed by atoms with Crippen molar-refractivity contribution in [2.45, 2.75) is 50.4 Å². The number of amides is 1. The lowest BCUT2D eigenvalue weighted by molar-refractivity contribution is -0.157. The summed E-state index contributed by atoms with van der Waals surface area (Å²) < 4.78 is 34.1. The molecular formula is C32H32ClN3O5S. The van der Waals surface area contributed by atoms with E-state index in [1.54, 1.807) is 93.7 Å². The Morgan fingerprint density at radius 3 is 2.12 bits per heavy atom. The van der Waals surface area contributed by atoms with Crippen LogP contribution in [0.1, 0.15) is 54.0 Å². The molecule has 1 heterocycles. The lowest BCUT2D eigenvalue weighted by Gasteiger charge is -2.25. The minimum atomic E-state index is -3.91. The maximum atomic E-state index is 13.6. The van der Waals surface area contributed by atoms with Crippen LogP contribution in [0.2, 0.25) is 5.02 Å². The average molecular weight is 606 g/mol. The molecule has 0 bridgehead atoms. The number of halogens is 1. The Labute approximate surface area is 251 Å². The van der Waals surface area contributed by atoms with Crippen molar-refractivity contribution >= 4 is 33.5 Å². The van der Waals surface area contributed by atoms with Crippen LogP contribution in [-0.4, -0.2) is 35.2 Å². The molecule has 0 aliphatic rings. The normalized spacial score (nSPS) is 12.5. The van der Waals surface area contributed by atoms with Crippen LogP contribution in [0.4, 0.5) is 0 Å². The number of carbonyl (C=O) groups is 2. The molecule has 0 aliphatic carbocycles. The number of ether oxygens (including phenoxy) is 1. The first kappa shape index (κ1) is 30.9. The number of nitrogens with one attached hydrogen (secondary N) is 1. The van der Waals surface area contributed by atoms with Crippen LogP contribution in [0.15, 0.2) is 108 Å². The number of nitrogens with zero attached hydrogens (tertiary/aromatic N) is 2. The van der Waals surface area contributed by atoms with Gasteiger partial charge in [0.1, 0.15) is 5.60 Å². The maximum Gasteiger partial charge on any atom is 0.333 e. The number of sulfonamides is 1. The van der Waals surface area contributed by atoms with Gasteiger partial charge in [-0.1, -0.05) is 60.1 Å². The molecule has 10 heteroatoms. The molecule has 1 atom stereocenters. The standard InChI is InChI=1S/C32H32ClN3O5S/c1-32(2,3)41-31(38)29(24-9-5-4-6-10-24)35-30(37)25-14-12-23(13-15-25)21-36(22-27-11-7-8-20-34-27)42(39,40)28-18-16-26(33)17-19-28/h4-20,29H,21-22H2,1-3H3,(H,35,37)/t29-/m1/s1. The van der Waals surface area contributed by atoms with Crippen molar-refractivity contribution in [1.82, 2.24) is 14.6 Å². The number of hydrogen-bond acceptors (Lipinski definition) is 6. The summed E-state index contributed by atoms with van der Waals surface area (Å²) in [6.45, 7) is 5.37. The zero-order chi connectivity index (χ0) is 30.3. The van der Waals surface area contributed by atoms with Crippen LogP contribution in [0, 0.1) is 0 Å². The van der Waals surface area contributed by atoms with Crippen LogP contribution in [-0.2, 0) is 32.6 Å². The Bertz CT molecular complexity index is 1610. The fourth-order valence-electron chi connectivity index (χ4n) is 4.12. The van der Waals surface area contributed by atoms with Gasteiger partial charge in [-0.25, -0.2) is 13.2 Å². The maximum absolute atomic E-state index is 13.6. The van der Waals surface area contributed by atoms with E-state index < -0.39 is 33.5 Å². The van der Waals surface area contributed by atoms with Gasteiger partial charge < -0.3 is 10.1 Å². The van der Waals surface area contributed by atoms with Crippen molar-refractivity contribution in [2.75, 3.05) is 0 Å². The van der Waals surface area contributed by atoms with Crippen LogP contribution in [0.5, 0.6) is 0 Å². The summed E-state index contributed by atoms with van der Waals surface area (Å²) in [6.07, 6.45) is 1.61. The minimum Gasteiger partial charge on any atom is -0.458 e. The Hall–Kier alpha value is -4.05. The monoisotopic (exact) mass is 605 g/mol. The summed E-state index contributed by atoms with van der Waals surface area (Å²) in [5, 5.41) is 3.21. The Morgan fingerprint density at radius 1 is 0.881 bits per heavy atom. The first-order valence-electron chi connectivity index (χ1n) is 13.3. The topological polar surface area (TPSA) is 106 Å². The largest absolute Gasteiger partial charge is 0.458 e. The number of pyridine rings is 1. The summed E-state index contributed by atoms with van der Waals surface area (Å²) in [7, 11) is -3.91. The van der Waals surface area contributed by atoms with Gasteiger partial charge in [-0.15, -0.1) is 0 Å². The highest BCUT2D eigenvalue weighted by Gasteiger charge is 2.29. The van der Waals surface area contributed by atoms with Gasteiger partial charge in [0.25, 0.3) is 5.91 Å². The first-order chi connectivity index (χ1) is 19.9. The van der Waals surface area contributed by atoms with Gasteiger partial charge in [0, 0.05) is 23.3 Å². The minimum absolute atomic E-state index is 0.0357. The van der Waals surface area contributed by atoms with Crippen LogP contribution in [0.3, 0.4) is 0 Å². The van der Waals surface area contributed by atoms with Crippen molar-refractivity contribution in [3.05, 3.63) is 131 Å². The zero-order valence-electron chi connectivity index (χ0n) is 23.5. The van der Waals surface area contributed by atoms with Crippen LogP contribution < -0.4 is 5.32 Å². The Kier molecular flexibility index (Phi) is 9.78. The molecule has 1 N–H and O–H groups in total. The Morgan fingerprint density at radius 2 is 1.52 bits per heavy atom. The summed E-state index contributed by atoms with van der Waals surface area (Å²) >= 11 is 5.98. The van der Waals surface area contributed by atoms with Gasteiger partial charge in [0.2, 0.25) is 10.0 Å². The van der Waals surface area contributed by atoms with Crippen LogP contribution >= 0.6 is 11.6 Å². The third-order valence-corrected chi connectivity index (χ3v) is 8.20. The van der Waals surface area contributed by atoms with E-state index in [2.05, 4.69) is 10.3 Å². The molecule has 0 saturated heterocycles. The van der Waals surface area contributed by atoms with Crippen molar-refractivity contribution in [2.24, 2.45) is 0 Å². The predicted octanol–water partition coefficient (Wildman–Crippen LogP) is 5.94. The number of hydrogen-bond donors (Lipinski definition) is 1. The van der Waals surface area contributed by atoms with Gasteiger partial charge in [-0.3, -0.25) is 9.78 Å². The zero-order valence-corrected chi connectivity index (χ0v) is 25.1. The second-order valence-electron chi connectivity index (χ2n) is 10.6. The van der Waals surface area contributed by atoms with Gasteiger partial charge in [0.15, 0.2) is 6.04 Å². The van der Waals surface area contributed by atoms with E-state index >= 15 is 0 Å². The average Bonchev–Trinajstić information content (AvgIpc) is 2.96. The predicted molar refractivity (Wildman–Crippen MR) is 161 cm³/mol. The van der Waals surface area contributed by atoms with Gasteiger partial charge in [0.05, 0.1) is 17.1 Å². The van der Waals surface area contributed by atoms with Crippen LogP contribution in [0.25, 0.3) is 0 Å². The number of aromatic nitrogens is 1. The molecule has 4 rings (SSSR count). The van der Waals surface area contributed by atoms with E-state index in [4.69, 9.17) is 16.3 Å². The SMILES string of the molecule is CC(C)(C)OC(=O)[C@H](NC(=O)c1ccc(CN(Cc2ccccn2)S(=O)(=O)c2ccc(Cl)cc2)cc1)c1ccccc1. The van der Waals surface area contributed by atoms with Crippen molar-refractivity contribution < 1.29 is 22.7 Å². The molecule has 8 nitrogen and oxygen atoms in total. The molecule has 3 aromatic carbocycles. The second-order valence-corrected chi connectivity index (χ2v) is 13.0. The van der Waals surface area contributed by atoms with Crippen molar-refractivity contribution in [3.63, 3.8) is 0 Å². The van der Waals surface area contributed by atoms with E-state index in [0.717, 1.165) is 0 Å². The van der Waals surface area contributed by atoms with Crippen molar-refractivity contribution in [3.8, 4) is 0 Å². The number of carbonyl (C=O) groups excluding carboxylic acids is 2. The summed E-state index contributed by atoms with van der Waals surface area (Å²) in [6, 6.07) is 25.7. The second kappa shape index (κ2) is 13.3. The fraction of sp³-hybridized carbons (Fsp3) is 0.219. The number of rotatable bonds is 10. The smallest absolute Gasteiger partial charge is 0.333 e. The van der Waals surface area contributed by atoms with E-state index in [1.165, 1.54) is 28.6 Å². The lowest BCUT2D eigenvalue weighted by Crippen LogP contribution is -2.38. The van der Waals surface area contributed by atoms with Gasteiger partial charge >= 0.3 is 5.97 Å². The molecule has 0 spiro atoms. The van der Waals surface area contributed by atoms with Gasteiger partial charge in [-0.2, -0.15) is 4.31 Å². The molecule has 0 saturated carbocycles. The summed E-state index contributed by atoms with van der Waals surface area (Å²) in [5.74, 6) is -1.04. The Balaban J connectivity index is 1.55. The first-order valence-corrected chi connectivity index (χ1v) is 15.1.